The molecule has 4 fully saturated rings. The summed E-state index contributed by atoms with van der Waals surface area (Å²) in [5.74, 6) is 2.46. The molecule has 0 heterocycles. The Hall–Kier alpha value is -1.69. The summed E-state index contributed by atoms with van der Waals surface area (Å²) in [5, 5.41) is 8.62. The summed E-state index contributed by atoms with van der Waals surface area (Å²) in [6.45, 7) is 2.22. The fourth-order valence-corrected chi connectivity index (χ4v) is 6.91. The lowest BCUT2D eigenvalue weighted by molar-refractivity contribution is -0.149. The molecule has 6 heteroatoms. The number of carbonyl (C=O) groups is 2. The van der Waals surface area contributed by atoms with Crippen LogP contribution in [0.5, 0.6) is 5.75 Å². The van der Waals surface area contributed by atoms with Crippen molar-refractivity contribution in [3.63, 3.8) is 0 Å². The summed E-state index contributed by atoms with van der Waals surface area (Å²) < 4.78 is 5.38. The maximum Gasteiger partial charge on any atom is 0.316 e. The Kier molecular flexibility index (Phi) is 5.83. The summed E-state index contributed by atoms with van der Waals surface area (Å²) in [5.41, 5.74) is 1.02. The van der Waals surface area contributed by atoms with Gasteiger partial charge in [-0.3, -0.25) is 9.59 Å². The van der Waals surface area contributed by atoms with Gasteiger partial charge in [0.1, 0.15) is 5.75 Å². The van der Waals surface area contributed by atoms with Crippen LogP contribution in [0.15, 0.2) is 24.3 Å². The monoisotopic (exact) mass is 417 g/mol. The normalized spacial score (nSPS) is 30.8. The lowest BCUT2D eigenvalue weighted by Gasteiger charge is -2.60. The molecule has 5 nitrogen and oxygen atoms in total. The first kappa shape index (κ1) is 20.6. The predicted molar refractivity (Wildman–Crippen MR) is 114 cm³/mol. The van der Waals surface area contributed by atoms with E-state index < -0.39 is 11.2 Å². The largest absolute Gasteiger partial charge is 0.497 e. The quantitative estimate of drug-likeness (QED) is 0.687. The Morgan fingerprint density at radius 2 is 1.83 bits per heavy atom. The molecule has 1 N–H and O–H groups in total. The van der Waals surface area contributed by atoms with Crippen LogP contribution in [0.25, 0.3) is 0 Å². The molecule has 4 aliphatic carbocycles. The van der Waals surface area contributed by atoms with E-state index in [1.807, 2.05) is 18.2 Å². The number of methoxy groups -OCH3 is 1. The van der Waals surface area contributed by atoms with Crippen molar-refractivity contribution in [2.75, 3.05) is 12.9 Å². The second-order valence-electron chi connectivity index (χ2n) is 9.26. The highest BCUT2D eigenvalue weighted by Gasteiger charge is 2.54. The molecule has 158 valence electrons. The third-order valence-electron chi connectivity index (χ3n) is 7.16. The summed E-state index contributed by atoms with van der Waals surface area (Å²) in [7, 11) is 1.66. The first-order valence-corrected chi connectivity index (χ1v) is 11.7. The number of carboxylic acids is 1. The van der Waals surface area contributed by atoms with Crippen LogP contribution in [0.1, 0.15) is 51.0 Å². The van der Waals surface area contributed by atoms with Gasteiger partial charge in [-0.2, -0.15) is 0 Å². The number of nitrogens with zero attached hydrogens (tertiary/aromatic N) is 1. The van der Waals surface area contributed by atoms with Crippen LogP contribution >= 0.6 is 11.8 Å². The van der Waals surface area contributed by atoms with Crippen molar-refractivity contribution in [1.29, 1.82) is 0 Å². The average molecular weight is 418 g/mol. The average Bonchev–Trinajstić information content (AvgIpc) is 2.69. The van der Waals surface area contributed by atoms with E-state index in [0.29, 0.717) is 6.54 Å². The maximum atomic E-state index is 13.4. The van der Waals surface area contributed by atoms with Gasteiger partial charge in [0, 0.05) is 12.1 Å². The molecule has 1 unspecified atom stereocenters. The molecule has 1 aromatic carbocycles. The van der Waals surface area contributed by atoms with E-state index in [2.05, 4.69) is 11.0 Å². The number of carboxylic acid groups (broad SMARTS) is 1. The molecule has 0 aliphatic heterocycles. The Morgan fingerprint density at radius 1 is 1.21 bits per heavy atom. The van der Waals surface area contributed by atoms with Gasteiger partial charge in [-0.25, -0.2) is 0 Å². The minimum atomic E-state index is -0.864. The number of carbonyl (C=O) groups excluding carboxylic acids is 1. The van der Waals surface area contributed by atoms with Crippen LogP contribution in [0.4, 0.5) is 0 Å². The molecule has 0 spiro atoms. The van der Waals surface area contributed by atoms with Crippen molar-refractivity contribution in [3.05, 3.63) is 29.8 Å². The van der Waals surface area contributed by atoms with Gasteiger partial charge in [-0.1, -0.05) is 12.1 Å². The van der Waals surface area contributed by atoms with Crippen molar-refractivity contribution in [2.24, 2.45) is 17.8 Å². The van der Waals surface area contributed by atoms with Gasteiger partial charge in [-0.15, -0.1) is 11.8 Å². The standard InChI is InChI=1S/C23H31NO4S/c1-15(22(26)27)29-14-21(25)24(13-16-4-3-5-20(9-16)28-2)23-10-17-6-18(11-23)8-19(7-17)12-23/h3-5,9,15,17-19H,6-8,10-14H2,1-2H3,(H,26,27). The Bertz CT molecular complexity index is 745. The van der Waals surface area contributed by atoms with E-state index in [1.165, 1.54) is 31.0 Å². The molecule has 5 rings (SSSR count). The van der Waals surface area contributed by atoms with E-state index in [4.69, 9.17) is 4.74 Å². The fraction of sp³-hybridized carbons (Fsp3) is 0.652. The highest BCUT2D eigenvalue weighted by Crippen LogP contribution is 2.58. The number of ether oxygens (including phenoxy) is 1. The van der Waals surface area contributed by atoms with Crippen LogP contribution < -0.4 is 4.74 Å². The van der Waals surface area contributed by atoms with Gasteiger partial charge in [0.2, 0.25) is 5.91 Å². The van der Waals surface area contributed by atoms with Crippen LogP contribution in [-0.4, -0.2) is 45.5 Å². The van der Waals surface area contributed by atoms with Crippen LogP contribution in [0, 0.1) is 17.8 Å². The number of rotatable bonds is 8. The van der Waals surface area contributed by atoms with Crippen molar-refractivity contribution in [1.82, 2.24) is 4.90 Å². The first-order chi connectivity index (χ1) is 13.9. The Labute approximate surface area is 177 Å². The minimum absolute atomic E-state index is 0.0536. The predicted octanol–water partition coefficient (Wildman–Crippen LogP) is 4.20. The molecule has 29 heavy (non-hydrogen) atoms. The summed E-state index contributed by atoms with van der Waals surface area (Å²) >= 11 is 1.23. The third-order valence-corrected chi connectivity index (χ3v) is 8.27. The molecule has 0 saturated heterocycles. The molecule has 1 aromatic rings. The van der Waals surface area contributed by atoms with Crippen LogP contribution in [0.3, 0.4) is 0 Å². The molecular weight excluding hydrogens is 386 g/mol. The zero-order valence-electron chi connectivity index (χ0n) is 17.3. The van der Waals surface area contributed by atoms with E-state index in [9.17, 15) is 14.7 Å². The highest BCUT2D eigenvalue weighted by molar-refractivity contribution is 8.01. The maximum absolute atomic E-state index is 13.4. The van der Waals surface area contributed by atoms with Gasteiger partial charge in [0.05, 0.1) is 18.1 Å². The van der Waals surface area contributed by atoms with E-state index in [-0.39, 0.29) is 17.2 Å². The topological polar surface area (TPSA) is 66.8 Å². The van der Waals surface area contributed by atoms with E-state index in [0.717, 1.165) is 48.3 Å². The minimum Gasteiger partial charge on any atom is -0.497 e. The molecule has 1 amide bonds. The number of amides is 1. The zero-order valence-corrected chi connectivity index (χ0v) is 18.1. The van der Waals surface area contributed by atoms with Crippen molar-refractivity contribution in [2.45, 2.75) is 62.8 Å². The third kappa shape index (κ3) is 4.27. The van der Waals surface area contributed by atoms with Crippen molar-refractivity contribution < 1.29 is 19.4 Å². The summed E-state index contributed by atoms with van der Waals surface area (Å²) in [4.78, 5) is 26.7. The number of benzene rings is 1. The fourth-order valence-electron chi connectivity index (χ4n) is 6.21. The number of aliphatic carboxylic acids is 1. The highest BCUT2D eigenvalue weighted by atomic mass is 32.2. The molecular formula is C23H31NO4S. The van der Waals surface area contributed by atoms with Gasteiger partial charge in [0.25, 0.3) is 0 Å². The molecule has 4 bridgehead atoms. The first-order valence-electron chi connectivity index (χ1n) is 10.7. The van der Waals surface area contributed by atoms with Crippen LogP contribution in [0.2, 0.25) is 0 Å². The van der Waals surface area contributed by atoms with Gasteiger partial charge in [0.15, 0.2) is 0 Å². The van der Waals surface area contributed by atoms with E-state index in [1.54, 1.807) is 14.0 Å². The smallest absolute Gasteiger partial charge is 0.316 e. The van der Waals surface area contributed by atoms with Crippen molar-refractivity contribution >= 4 is 23.6 Å². The summed E-state index contributed by atoms with van der Waals surface area (Å²) in [6.07, 6.45) is 7.29. The lowest BCUT2D eigenvalue weighted by atomic mass is 9.52. The van der Waals surface area contributed by atoms with Crippen molar-refractivity contribution in [3.8, 4) is 5.75 Å². The SMILES string of the molecule is COc1cccc(CN(C(=O)CSC(C)C(=O)O)C23CC4CC(CC(C4)C2)C3)c1. The molecule has 0 aromatic heterocycles. The Balaban J connectivity index is 1.58. The Morgan fingerprint density at radius 3 is 2.38 bits per heavy atom. The van der Waals surface area contributed by atoms with Crippen LogP contribution in [-0.2, 0) is 16.1 Å². The summed E-state index contributed by atoms with van der Waals surface area (Å²) in [6, 6.07) is 7.95. The second-order valence-corrected chi connectivity index (χ2v) is 10.6. The number of thioether (sulfide) groups is 1. The van der Waals surface area contributed by atoms with E-state index >= 15 is 0 Å². The number of hydrogen-bond donors (Lipinski definition) is 1. The lowest BCUT2D eigenvalue weighted by Crippen LogP contribution is -2.61. The molecule has 4 saturated carbocycles. The van der Waals surface area contributed by atoms with Gasteiger partial charge in [-0.05, 0) is 80.9 Å². The molecule has 1 atom stereocenters. The second kappa shape index (κ2) is 8.21. The number of hydrogen-bond acceptors (Lipinski definition) is 4. The van der Waals surface area contributed by atoms with Gasteiger partial charge < -0.3 is 14.7 Å². The zero-order chi connectivity index (χ0) is 20.6. The molecule has 4 aliphatic rings. The van der Waals surface area contributed by atoms with Gasteiger partial charge >= 0.3 is 5.97 Å². The molecule has 0 radical (unpaired) electrons.